The Morgan fingerprint density at radius 3 is 2.67 bits per heavy atom. The lowest BCUT2D eigenvalue weighted by Gasteiger charge is -2.41. The van der Waals surface area contributed by atoms with Gasteiger partial charge in [0.15, 0.2) is 0 Å². The predicted octanol–water partition coefficient (Wildman–Crippen LogP) is -0.654. The molecule has 0 bridgehead atoms. The minimum absolute atomic E-state index is 0.0302. The molecule has 2 heterocycles. The van der Waals surface area contributed by atoms with Crippen molar-refractivity contribution < 1.29 is 14.4 Å². The number of rotatable bonds is 2. The highest BCUT2D eigenvalue weighted by Gasteiger charge is 2.41. The zero-order valence-corrected chi connectivity index (χ0v) is 10.9. The molecule has 0 spiro atoms. The molecule has 0 aliphatic carbocycles. The summed E-state index contributed by atoms with van der Waals surface area (Å²) in [7, 11) is 0. The molecule has 0 aromatic carbocycles. The van der Waals surface area contributed by atoms with E-state index in [1.54, 1.807) is 23.6 Å². The predicted molar refractivity (Wildman–Crippen MR) is 64.6 cm³/mol. The van der Waals surface area contributed by atoms with Crippen molar-refractivity contribution in [2.45, 2.75) is 32.2 Å². The van der Waals surface area contributed by atoms with Gasteiger partial charge >= 0.3 is 0 Å². The summed E-state index contributed by atoms with van der Waals surface area (Å²) in [5.74, 6) is -0.262. The Balaban J connectivity index is 2.04. The first-order valence-corrected chi connectivity index (χ1v) is 6.29. The SMILES string of the molecule is CC1(C)C(=O)NCCN1C(=O)CN1CCCC1=O. The van der Waals surface area contributed by atoms with Gasteiger partial charge in [-0.1, -0.05) is 0 Å². The number of hydrogen-bond donors (Lipinski definition) is 1. The van der Waals surface area contributed by atoms with E-state index >= 15 is 0 Å². The maximum atomic E-state index is 12.2. The van der Waals surface area contributed by atoms with Crippen molar-refractivity contribution in [3.8, 4) is 0 Å². The van der Waals surface area contributed by atoms with Crippen molar-refractivity contribution in [1.29, 1.82) is 0 Å². The molecule has 0 unspecified atom stereocenters. The van der Waals surface area contributed by atoms with Crippen molar-refractivity contribution in [2.24, 2.45) is 0 Å². The quantitative estimate of drug-likeness (QED) is 0.710. The first-order valence-electron chi connectivity index (χ1n) is 6.29. The normalized spacial score (nSPS) is 23.2. The third-order valence-corrected chi connectivity index (χ3v) is 3.65. The van der Waals surface area contributed by atoms with Gasteiger partial charge < -0.3 is 15.1 Å². The third-order valence-electron chi connectivity index (χ3n) is 3.65. The maximum Gasteiger partial charge on any atom is 0.245 e. The van der Waals surface area contributed by atoms with Gasteiger partial charge in [-0.05, 0) is 20.3 Å². The van der Waals surface area contributed by atoms with Gasteiger partial charge in [-0.2, -0.15) is 0 Å². The van der Waals surface area contributed by atoms with Gasteiger partial charge in [-0.3, -0.25) is 14.4 Å². The van der Waals surface area contributed by atoms with Crippen LogP contribution in [0.2, 0.25) is 0 Å². The van der Waals surface area contributed by atoms with Crippen LogP contribution in [0, 0.1) is 0 Å². The van der Waals surface area contributed by atoms with Gasteiger partial charge in [0.05, 0.1) is 6.54 Å². The number of carbonyl (C=O) groups is 3. The largest absolute Gasteiger partial charge is 0.352 e. The summed E-state index contributed by atoms with van der Waals surface area (Å²) in [4.78, 5) is 38.6. The van der Waals surface area contributed by atoms with E-state index in [2.05, 4.69) is 5.32 Å². The molecule has 18 heavy (non-hydrogen) atoms. The Hall–Kier alpha value is -1.59. The first kappa shape index (κ1) is 12.9. The van der Waals surface area contributed by atoms with Crippen LogP contribution in [-0.4, -0.2) is 59.2 Å². The molecular formula is C12H19N3O3. The molecular weight excluding hydrogens is 234 g/mol. The van der Waals surface area contributed by atoms with Crippen LogP contribution in [0.3, 0.4) is 0 Å². The second-order valence-corrected chi connectivity index (χ2v) is 5.28. The fraction of sp³-hybridized carbons (Fsp3) is 0.750. The summed E-state index contributed by atoms with van der Waals surface area (Å²) in [6.45, 7) is 5.17. The summed E-state index contributed by atoms with van der Waals surface area (Å²) >= 11 is 0. The van der Waals surface area contributed by atoms with Crippen LogP contribution in [0.25, 0.3) is 0 Å². The average molecular weight is 253 g/mol. The maximum absolute atomic E-state index is 12.2. The second kappa shape index (κ2) is 4.59. The molecule has 0 radical (unpaired) electrons. The first-order chi connectivity index (χ1) is 8.43. The molecule has 6 nitrogen and oxygen atoms in total. The minimum Gasteiger partial charge on any atom is -0.352 e. The van der Waals surface area contributed by atoms with Gasteiger partial charge in [-0.25, -0.2) is 0 Å². The molecule has 0 saturated carbocycles. The van der Waals surface area contributed by atoms with E-state index in [0.29, 0.717) is 26.1 Å². The standard InChI is InChI=1S/C12H19N3O3/c1-12(2)11(18)13-5-7-15(12)10(17)8-14-6-3-4-9(14)16/h3-8H2,1-2H3,(H,13,18). The van der Waals surface area contributed by atoms with Crippen LogP contribution in [0.15, 0.2) is 0 Å². The van der Waals surface area contributed by atoms with E-state index in [1.807, 2.05) is 0 Å². The van der Waals surface area contributed by atoms with E-state index in [4.69, 9.17) is 0 Å². The van der Waals surface area contributed by atoms with Gasteiger partial charge in [-0.15, -0.1) is 0 Å². The topological polar surface area (TPSA) is 69.7 Å². The summed E-state index contributed by atoms with van der Waals surface area (Å²) in [5.41, 5.74) is -0.835. The van der Waals surface area contributed by atoms with Crippen LogP contribution in [0.1, 0.15) is 26.7 Å². The lowest BCUT2D eigenvalue weighted by atomic mass is 9.99. The molecule has 2 fully saturated rings. The molecule has 0 atom stereocenters. The van der Waals surface area contributed by atoms with Crippen LogP contribution >= 0.6 is 0 Å². The lowest BCUT2D eigenvalue weighted by molar-refractivity contribution is -0.151. The van der Waals surface area contributed by atoms with E-state index < -0.39 is 5.54 Å². The molecule has 3 amide bonds. The molecule has 0 aromatic rings. The average Bonchev–Trinajstić information content (AvgIpc) is 2.68. The van der Waals surface area contributed by atoms with Crippen LogP contribution < -0.4 is 5.32 Å². The number of likely N-dealkylation sites (tertiary alicyclic amines) is 1. The van der Waals surface area contributed by atoms with Crippen molar-refractivity contribution in [2.75, 3.05) is 26.2 Å². The highest BCUT2D eigenvalue weighted by Crippen LogP contribution is 2.19. The summed E-state index contributed by atoms with van der Waals surface area (Å²) in [5, 5.41) is 2.75. The molecule has 100 valence electrons. The highest BCUT2D eigenvalue weighted by molar-refractivity contribution is 5.93. The van der Waals surface area contributed by atoms with Crippen LogP contribution in [-0.2, 0) is 14.4 Å². The second-order valence-electron chi connectivity index (χ2n) is 5.28. The molecule has 2 aliphatic rings. The summed E-state index contributed by atoms with van der Waals surface area (Å²) in [6.07, 6.45) is 1.34. The van der Waals surface area contributed by atoms with Gasteiger partial charge in [0.1, 0.15) is 5.54 Å². The molecule has 0 aromatic heterocycles. The van der Waals surface area contributed by atoms with Gasteiger partial charge in [0.25, 0.3) is 0 Å². The van der Waals surface area contributed by atoms with Gasteiger partial charge in [0, 0.05) is 26.1 Å². The van der Waals surface area contributed by atoms with Crippen molar-refractivity contribution >= 4 is 17.7 Å². The van der Waals surface area contributed by atoms with Crippen molar-refractivity contribution in [1.82, 2.24) is 15.1 Å². The van der Waals surface area contributed by atoms with Crippen LogP contribution in [0.4, 0.5) is 0 Å². The zero-order valence-electron chi connectivity index (χ0n) is 10.9. The lowest BCUT2D eigenvalue weighted by Crippen LogP contribution is -2.64. The third kappa shape index (κ3) is 2.19. The number of hydrogen-bond acceptors (Lipinski definition) is 3. The molecule has 6 heteroatoms. The van der Waals surface area contributed by atoms with Crippen molar-refractivity contribution in [3.05, 3.63) is 0 Å². The molecule has 2 aliphatic heterocycles. The van der Waals surface area contributed by atoms with Crippen molar-refractivity contribution in [3.63, 3.8) is 0 Å². The Labute approximate surface area is 106 Å². The molecule has 2 saturated heterocycles. The van der Waals surface area contributed by atoms with E-state index in [1.165, 1.54) is 0 Å². The summed E-state index contributed by atoms with van der Waals surface area (Å²) < 4.78 is 0. The Morgan fingerprint density at radius 1 is 1.33 bits per heavy atom. The number of nitrogens with zero attached hydrogens (tertiary/aromatic N) is 2. The van der Waals surface area contributed by atoms with Crippen LogP contribution in [0.5, 0.6) is 0 Å². The van der Waals surface area contributed by atoms with E-state index in [-0.39, 0.29) is 24.3 Å². The number of amides is 3. The monoisotopic (exact) mass is 253 g/mol. The van der Waals surface area contributed by atoms with E-state index in [0.717, 1.165) is 6.42 Å². The van der Waals surface area contributed by atoms with E-state index in [9.17, 15) is 14.4 Å². The molecule has 1 N–H and O–H groups in total. The van der Waals surface area contributed by atoms with Gasteiger partial charge in [0.2, 0.25) is 17.7 Å². The number of nitrogens with one attached hydrogen (secondary N) is 1. The Kier molecular flexibility index (Phi) is 3.28. The fourth-order valence-electron chi connectivity index (χ4n) is 2.46. The number of piperazine rings is 1. The smallest absolute Gasteiger partial charge is 0.245 e. The summed E-state index contributed by atoms with van der Waals surface area (Å²) in [6, 6.07) is 0. The minimum atomic E-state index is -0.835. The highest BCUT2D eigenvalue weighted by atomic mass is 16.2. The zero-order chi connectivity index (χ0) is 13.3. The fourth-order valence-corrected chi connectivity index (χ4v) is 2.46. The molecule has 2 rings (SSSR count). The Morgan fingerprint density at radius 2 is 2.06 bits per heavy atom. The number of carbonyl (C=O) groups excluding carboxylic acids is 3. The Bertz CT molecular complexity index is 392.